The number of carbonyl (C=O) groups is 1. The van der Waals surface area contributed by atoms with Crippen molar-refractivity contribution >= 4 is 20.3 Å². The average molecular weight is 559 g/mol. The molecule has 2 fully saturated rings. The Labute approximate surface area is 231 Å². The predicted molar refractivity (Wildman–Crippen MR) is 146 cm³/mol. The molecule has 0 aliphatic carbocycles. The third-order valence-corrected chi connectivity index (χ3v) is 8.81. The molecule has 2 bridgehead atoms. The average Bonchev–Trinajstić information content (AvgIpc) is 3.36. The van der Waals surface area contributed by atoms with Crippen LogP contribution in [0, 0.1) is 11.3 Å². The normalized spacial score (nSPS) is 27.1. The van der Waals surface area contributed by atoms with Gasteiger partial charge in [0, 0.05) is 25.2 Å². The molecule has 1 N–H and O–H groups in total. The van der Waals surface area contributed by atoms with Gasteiger partial charge in [-0.1, -0.05) is 18.2 Å². The monoisotopic (exact) mass is 558 g/mol. The number of nitriles is 1. The van der Waals surface area contributed by atoms with Crippen LogP contribution in [0.1, 0.15) is 65.9 Å². The number of amides is 1. The number of anilines is 1. The fourth-order valence-electron chi connectivity index (χ4n) is 4.81. The molecule has 6 atom stereocenters. The summed E-state index contributed by atoms with van der Waals surface area (Å²) >= 11 is 0. The van der Waals surface area contributed by atoms with E-state index in [4.69, 9.17) is 25.2 Å². The maximum atomic E-state index is 13.1. The Morgan fingerprint density at radius 1 is 1.31 bits per heavy atom. The summed E-state index contributed by atoms with van der Waals surface area (Å²) in [5, 5.41) is 11.7. The lowest BCUT2D eigenvalue weighted by Gasteiger charge is -2.38. The molecule has 2 saturated heterocycles. The molecule has 1 aromatic carbocycles. The molecule has 0 radical (unpaired) electrons. The highest BCUT2D eigenvalue weighted by molar-refractivity contribution is 7.44. The SMILES string of the molecule is [2H]C[C@@]12O[C@@H](n3ccc(NC(=O)c4ccccc4)nc3=O)[C@@H](OC1C)[C@H]2OP(OCCC#N)N(C(C)C)C(C)C. The van der Waals surface area contributed by atoms with Crippen molar-refractivity contribution < 1.29 is 24.7 Å². The summed E-state index contributed by atoms with van der Waals surface area (Å²) in [6.45, 7) is 10.0. The highest BCUT2D eigenvalue weighted by atomic mass is 31.2. The van der Waals surface area contributed by atoms with Gasteiger partial charge in [0.15, 0.2) is 6.23 Å². The van der Waals surface area contributed by atoms with E-state index in [2.05, 4.69) is 21.0 Å². The van der Waals surface area contributed by atoms with E-state index in [0.717, 1.165) is 0 Å². The quantitative estimate of drug-likeness (QED) is 0.318. The highest BCUT2D eigenvalue weighted by Crippen LogP contribution is 2.56. The number of aromatic nitrogens is 2. The van der Waals surface area contributed by atoms with E-state index in [-0.39, 0.29) is 43.7 Å². The van der Waals surface area contributed by atoms with Gasteiger partial charge in [-0.2, -0.15) is 10.2 Å². The maximum absolute atomic E-state index is 13.1. The first-order chi connectivity index (χ1) is 19.1. The van der Waals surface area contributed by atoms with Crippen LogP contribution in [0.4, 0.5) is 5.82 Å². The molecule has 3 heterocycles. The van der Waals surface area contributed by atoms with Gasteiger partial charge in [0.25, 0.3) is 14.4 Å². The van der Waals surface area contributed by atoms with Gasteiger partial charge in [0.1, 0.15) is 23.6 Å². The summed E-state index contributed by atoms with van der Waals surface area (Å²) in [5.74, 6) is -0.278. The van der Waals surface area contributed by atoms with Gasteiger partial charge < -0.3 is 23.8 Å². The summed E-state index contributed by atoms with van der Waals surface area (Å²) in [7, 11) is -1.64. The second-order valence-electron chi connectivity index (χ2n) is 10.1. The Bertz CT molecular complexity index is 1270. The van der Waals surface area contributed by atoms with E-state index < -0.39 is 44.4 Å². The van der Waals surface area contributed by atoms with E-state index in [0.29, 0.717) is 5.56 Å². The standard InChI is InChI=1S/C27H36N5O6P/c1-17(2)32(18(3)4)39(35-16-10-14-28)38-23-22-25(37-27(23,6)19(5)36-22)31-15-13-21(30-26(31)34)29-24(33)20-11-8-7-9-12-20/h7-9,11-13,15,17-19,22-23,25H,10,16H2,1-6H3,(H,29,30,33,34)/t19?,22-,23+,25+,27+,39?/m0/s1/i6D. The number of carbonyl (C=O) groups excluding carboxylic acids is 1. The summed E-state index contributed by atoms with van der Waals surface area (Å²) in [6, 6.07) is 12.4. The number of benzene rings is 1. The number of rotatable bonds is 11. The number of fused-ring (bicyclic) bond motifs is 2. The summed E-state index contributed by atoms with van der Waals surface area (Å²) < 4.78 is 37.1. The second-order valence-corrected chi connectivity index (χ2v) is 11.5. The van der Waals surface area contributed by atoms with Gasteiger partial charge in [0.2, 0.25) is 0 Å². The molecule has 1 amide bonds. The first-order valence-electron chi connectivity index (χ1n) is 13.7. The fraction of sp³-hybridized carbons (Fsp3) is 0.556. The van der Waals surface area contributed by atoms with Crippen molar-refractivity contribution in [1.29, 1.82) is 5.26 Å². The zero-order chi connectivity index (χ0) is 29.0. The summed E-state index contributed by atoms with van der Waals surface area (Å²) in [5.41, 5.74) is -1.35. The lowest BCUT2D eigenvalue weighted by molar-refractivity contribution is -0.200. The van der Waals surface area contributed by atoms with E-state index in [1.54, 1.807) is 30.3 Å². The number of nitrogens with zero attached hydrogens (tertiary/aromatic N) is 4. The molecule has 39 heavy (non-hydrogen) atoms. The Hall–Kier alpha value is -2.71. The minimum absolute atomic E-state index is 0.0831. The Morgan fingerprint density at radius 3 is 2.64 bits per heavy atom. The molecule has 0 spiro atoms. The third kappa shape index (κ3) is 6.07. The smallest absolute Gasteiger partial charge is 0.351 e. The summed E-state index contributed by atoms with van der Waals surface area (Å²) in [4.78, 5) is 29.6. The van der Waals surface area contributed by atoms with Crippen LogP contribution in [0.15, 0.2) is 47.4 Å². The van der Waals surface area contributed by atoms with Gasteiger partial charge in [-0.15, -0.1) is 0 Å². The first kappa shape index (κ1) is 27.8. The van der Waals surface area contributed by atoms with Gasteiger partial charge in [0.05, 0.1) is 25.2 Å². The van der Waals surface area contributed by atoms with Gasteiger partial charge in [-0.3, -0.25) is 9.36 Å². The van der Waals surface area contributed by atoms with Crippen molar-refractivity contribution in [3.63, 3.8) is 0 Å². The van der Waals surface area contributed by atoms with Crippen LogP contribution in [0.3, 0.4) is 0 Å². The minimum atomic E-state index is -1.64. The Balaban J connectivity index is 1.59. The van der Waals surface area contributed by atoms with Crippen molar-refractivity contribution in [2.24, 2.45) is 0 Å². The number of hydrogen-bond donors (Lipinski definition) is 1. The Morgan fingerprint density at radius 2 is 2.03 bits per heavy atom. The molecular formula is C27H36N5O6P. The molecule has 1 aromatic heterocycles. The van der Waals surface area contributed by atoms with Gasteiger partial charge >= 0.3 is 5.69 Å². The van der Waals surface area contributed by atoms with E-state index >= 15 is 0 Å². The molecule has 4 rings (SSSR count). The molecule has 2 aliphatic rings. The van der Waals surface area contributed by atoms with Gasteiger partial charge in [-0.25, -0.2) is 9.46 Å². The predicted octanol–water partition coefficient (Wildman–Crippen LogP) is 4.23. The molecule has 210 valence electrons. The number of ether oxygens (including phenoxy) is 2. The molecular weight excluding hydrogens is 521 g/mol. The van der Waals surface area contributed by atoms with E-state index in [1.165, 1.54) is 16.8 Å². The zero-order valence-electron chi connectivity index (χ0n) is 23.8. The number of hydrogen-bond acceptors (Lipinski definition) is 9. The second kappa shape index (κ2) is 12.2. The van der Waals surface area contributed by atoms with Crippen LogP contribution in [0.5, 0.6) is 0 Å². The Kier molecular flexibility index (Phi) is 8.72. The largest absolute Gasteiger partial charge is 0.365 e. The van der Waals surface area contributed by atoms with Crippen LogP contribution < -0.4 is 11.0 Å². The molecule has 2 aromatic rings. The van der Waals surface area contributed by atoms with Crippen LogP contribution in [-0.2, 0) is 18.5 Å². The first-order valence-corrected chi connectivity index (χ1v) is 14.1. The maximum Gasteiger partial charge on any atom is 0.351 e. The lowest BCUT2D eigenvalue weighted by atomic mass is 9.96. The van der Waals surface area contributed by atoms with Crippen LogP contribution in [0.2, 0.25) is 0 Å². The van der Waals surface area contributed by atoms with Crippen LogP contribution in [-0.4, -0.2) is 62.7 Å². The molecule has 12 heteroatoms. The van der Waals surface area contributed by atoms with Crippen molar-refractivity contribution in [3.8, 4) is 6.07 Å². The fourth-order valence-corrected chi connectivity index (χ4v) is 6.61. The van der Waals surface area contributed by atoms with Crippen LogP contribution >= 0.6 is 8.53 Å². The lowest BCUT2D eigenvalue weighted by Crippen LogP contribution is -2.45. The van der Waals surface area contributed by atoms with Gasteiger partial charge in [-0.05, 0) is 59.7 Å². The minimum Gasteiger partial charge on any atom is -0.365 e. The molecule has 2 unspecified atom stereocenters. The van der Waals surface area contributed by atoms with E-state index in [1.807, 2.05) is 34.6 Å². The third-order valence-electron chi connectivity index (χ3n) is 6.70. The highest BCUT2D eigenvalue weighted by Gasteiger charge is 2.65. The van der Waals surface area contributed by atoms with Crippen molar-refractivity contribution in [2.75, 3.05) is 11.9 Å². The van der Waals surface area contributed by atoms with Crippen molar-refractivity contribution in [1.82, 2.24) is 14.2 Å². The molecule has 0 saturated carbocycles. The van der Waals surface area contributed by atoms with Crippen molar-refractivity contribution in [3.05, 3.63) is 58.6 Å². The summed E-state index contributed by atoms with van der Waals surface area (Å²) in [6.07, 6.45) is -1.08. The topological polar surface area (TPSA) is 128 Å². The van der Waals surface area contributed by atoms with E-state index in [9.17, 15) is 9.59 Å². The number of nitrogens with one attached hydrogen (secondary N) is 1. The van der Waals surface area contributed by atoms with Crippen molar-refractivity contribution in [2.45, 2.75) is 90.2 Å². The zero-order valence-corrected chi connectivity index (χ0v) is 23.7. The molecule has 11 nitrogen and oxygen atoms in total. The van der Waals surface area contributed by atoms with Crippen LogP contribution in [0.25, 0.3) is 0 Å². The molecule has 2 aliphatic heterocycles.